The van der Waals surface area contributed by atoms with Crippen LogP contribution >= 0.6 is 15.9 Å². The maximum atomic E-state index is 13.2. The molecule has 0 aliphatic carbocycles. The van der Waals surface area contributed by atoms with Gasteiger partial charge in [0.05, 0.1) is 5.69 Å². The van der Waals surface area contributed by atoms with Gasteiger partial charge in [-0.3, -0.25) is 0 Å². The summed E-state index contributed by atoms with van der Waals surface area (Å²) >= 11 is 3.37. The Kier molecular flexibility index (Phi) is 4.31. The molecule has 0 saturated carbocycles. The van der Waals surface area contributed by atoms with Crippen molar-refractivity contribution in [3.63, 3.8) is 0 Å². The highest BCUT2D eigenvalue weighted by molar-refractivity contribution is 9.10. The van der Waals surface area contributed by atoms with E-state index in [1.165, 1.54) is 12.1 Å². The van der Waals surface area contributed by atoms with E-state index in [-0.39, 0.29) is 5.82 Å². The topological polar surface area (TPSA) is 49.8 Å². The molecule has 1 aromatic heterocycles. The molecule has 100 valence electrons. The lowest BCUT2D eigenvalue weighted by molar-refractivity contribution is 0.628. The van der Waals surface area contributed by atoms with Gasteiger partial charge in [0, 0.05) is 22.8 Å². The Morgan fingerprint density at radius 2 is 2.05 bits per heavy atom. The molecular formula is C13H14BrFN4. The van der Waals surface area contributed by atoms with E-state index in [1.807, 2.05) is 13.8 Å². The molecule has 0 fully saturated rings. The Labute approximate surface area is 119 Å². The van der Waals surface area contributed by atoms with E-state index < -0.39 is 0 Å². The van der Waals surface area contributed by atoms with E-state index in [2.05, 4.69) is 36.5 Å². The lowest BCUT2D eigenvalue weighted by Crippen LogP contribution is -2.05. The van der Waals surface area contributed by atoms with Crippen molar-refractivity contribution >= 4 is 33.4 Å². The van der Waals surface area contributed by atoms with E-state index in [9.17, 15) is 4.39 Å². The van der Waals surface area contributed by atoms with Crippen molar-refractivity contribution in [3.05, 3.63) is 40.2 Å². The first-order chi connectivity index (χ1) is 9.08. The third kappa shape index (κ3) is 3.64. The van der Waals surface area contributed by atoms with Crippen LogP contribution in [0.5, 0.6) is 0 Å². The molecule has 0 aliphatic rings. The molecule has 0 bridgehead atoms. The van der Waals surface area contributed by atoms with Crippen LogP contribution in [0, 0.1) is 12.7 Å². The summed E-state index contributed by atoms with van der Waals surface area (Å²) in [7, 11) is 0. The van der Waals surface area contributed by atoms with Crippen molar-refractivity contribution in [2.24, 2.45) is 0 Å². The normalized spacial score (nSPS) is 10.3. The van der Waals surface area contributed by atoms with Crippen molar-refractivity contribution in [2.45, 2.75) is 13.8 Å². The van der Waals surface area contributed by atoms with Crippen LogP contribution in [0.2, 0.25) is 0 Å². The van der Waals surface area contributed by atoms with Gasteiger partial charge < -0.3 is 10.6 Å². The number of nitrogens with zero attached hydrogens (tertiary/aromatic N) is 2. The van der Waals surface area contributed by atoms with Crippen molar-refractivity contribution in [1.29, 1.82) is 0 Å². The summed E-state index contributed by atoms with van der Waals surface area (Å²) in [6.45, 7) is 4.60. The third-order valence-corrected chi connectivity index (χ3v) is 3.07. The molecular weight excluding hydrogens is 311 g/mol. The number of aromatic nitrogens is 2. The van der Waals surface area contributed by atoms with Crippen molar-refractivity contribution in [1.82, 2.24) is 9.97 Å². The Morgan fingerprint density at radius 1 is 1.26 bits per heavy atom. The average Bonchev–Trinajstić information content (AvgIpc) is 2.33. The van der Waals surface area contributed by atoms with Crippen LogP contribution in [0.4, 0.5) is 21.8 Å². The summed E-state index contributed by atoms with van der Waals surface area (Å²) in [5.74, 6) is 0.871. The minimum atomic E-state index is -0.302. The Bertz CT molecular complexity index is 589. The van der Waals surface area contributed by atoms with E-state index in [1.54, 1.807) is 12.1 Å². The summed E-state index contributed by atoms with van der Waals surface area (Å²) in [4.78, 5) is 8.57. The summed E-state index contributed by atoms with van der Waals surface area (Å²) in [6, 6.07) is 6.26. The predicted molar refractivity (Wildman–Crippen MR) is 78.3 cm³/mol. The summed E-state index contributed by atoms with van der Waals surface area (Å²) < 4.78 is 14.0. The lowest BCUT2D eigenvalue weighted by atomic mass is 10.3. The zero-order chi connectivity index (χ0) is 13.8. The maximum Gasteiger partial charge on any atom is 0.224 e. The number of halogens is 2. The maximum absolute atomic E-state index is 13.2. The minimum Gasteiger partial charge on any atom is -0.354 e. The second-order valence-electron chi connectivity index (χ2n) is 4.00. The van der Waals surface area contributed by atoms with Crippen LogP contribution in [0.1, 0.15) is 12.6 Å². The van der Waals surface area contributed by atoms with Crippen molar-refractivity contribution in [3.8, 4) is 0 Å². The molecule has 0 spiro atoms. The van der Waals surface area contributed by atoms with Crippen LogP contribution in [0.3, 0.4) is 0 Å². The second-order valence-corrected chi connectivity index (χ2v) is 4.85. The lowest BCUT2D eigenvalue weighted by Gasteiger charge is -2.10. The molecule has 19 heavy (non-hydrogen) atoms. The first kappa shape index (κ1) is 13.7. The van der Waals surface area contributed by atoms with Gasteiger partial charge in [0.1, 0.15) is 11.6 Å². The summed E-state index contributed by atoms with van der Waals surface area (Å²) in [6.07, 6.45) is 0. The quantitative estimate of drug-likeness (QED) is 0.896. The van der Waals surface area contributed by atoms with Crippen LogP contribution in [0.25, 0.3) is 0 Å². The zero-order valence-corrected chi connectivity index (χ0v) is 12.3. The fourth-order valence-electron chi connectivity index (χ4n) is 1.60. The predicted octanol–water partition coefficient (Wildman–Crippen LogP) is 3.86. The van der Waals surface area contributed by atoms with Crippen LogP contribution in [0.15, 0.2) is 28.7 Å². The zero-order valence-electron chi connectivity index (χ0n) is 10.7. The molecule has 4 nitrogen and oxygen atoms in total. The summed E-state index contributed by atoms with van der Waals surface area (Å²) in [5, 5.41) is 6.13. The fourth-order valence-corrected chi connectivity index (χ4v) is 1.95. The number of aryl methyl sites for hydroxylation is 1. The molecule has 0 aliphatic heterocycles. The van der Waals surface area contributed by atoms with E-state index in [0.717, 1.165) is 16.7 Å². The second kappa shape index (κ2) is 5.97. The first-order valence-electron chi connectivity index (χ1n) is 5.90. The van der Waals surface area contributed by atoms with E-state index in [4.69, 9.17) is 0 Å². The number of anilines is 3. The van der Waals surface area contributed by atoms with Gasteiger partial charge >= 0.3 is 0 Å². The summed E-state index contributed by atoms with van der Waals surface area (Å²) in [5.41, 5.74) is 1.46. The minimum absolute atomic E-state index is 0.302. The Hall–Kier alpha value is -1.69. The van der Waals surface area contributed by atoms with Crippen molar-refractivity contribution < 1.29 is 4.39 Å². The van der Waals surface area contributed by atoms with Crippen LogP contribution in [-0.2, 0) is 0 Å². The molecule has 2 rings (SSSR count). The van der Waals surface area contributed by atoms with Gasteiger partial charge in [-0.25, -0.2) is 9.37 Å². The Morgan fingerprint density at radius 3 is 2.79 bits per heavy atom. The molecule has 1 aromatic carbocycles. The highest BCUT2D eigenvalue weighted by Gasteiger charge is 2.05. The number of hydrogen-bond donors (Lipinski definition) is 2. The molecule has 1 heterocycles. The number of nitrogens with one attached hydrogen (secondary N) is 2. The molecule has 2 aromatic rings. The monoisotopic (exact) mass is 324 g/mol. The molecule has 0 radical (unpaired) electrons. The Balaban J connectivity index is 2.29. The van der Waals surface area contributed by atoms with Gasteiger partial charge in [-0.2, -0.15) is 4.98 Å². The average molecular weight is 325 g/mol. The smallest absolute Gasteiger partial charge is 0.224 e. The number of rotatable bonds is 4. The molecule has 6 heteroatoms. The molecule has 0 atom stereocenters. The first-order valence-corrected chi connectivity index (χ1v) is 6.69. The largest absolute Gasteiger partial charge is 0.354 e. The highest BCUT2D eigenvalue weighted by Crippen LogP contribution is 2.26. The van der Waals surface area contributed by atoms with Gasteiger partial charge in [0.15, 0.2) is 0 Å². The highest BCUT2D eigenvalue weighted by atomic mass is 79.9. The third-order valence-electron chi connectivity index (χ3n) is 2.38. The van der Waals surface area contributed by atoms with E-state index in [0.29, 0.717) is 17.5 Å². The molecule has 2 N–H and O–H groups in total. The van der Waals surface area contributed by atoms with Gasteiger partial charge in [-0.05, 0) is 48.0 Å². The standard InChI is InChI=1S/C13H14BrFN4/c1-3-16-13-17-8(2)6-12(19-13)18-11-7-9(15)4-5-10(11)14/h4-7H,3H2,1-2H3,(H2,16,17,18,19). The number of benzene rings is 1. The van der Waals surface area contributed by atoms with Gasteiger partial charge in [-0.1, -0.05) is 0 Å². The van der Waals surface area contributed by atoms with Gasteiger partial charge in [0.25, 0.3) is 0 Å². The van der Waals surface area contributed by atoms with Gasteiger partial charge in [0.2, 0.25) is 5.95 Å². The van der Waals surface area contributed by atoms with Crippen LogP contribution < -0.4 is 10.6 Å². The molecule has 0 saturated heterocycles. The SMILES string of the molecule is CCNc1nc(C)cc(Nc2cc(F)ccc2Br)n1. The fraction of sp³-hybridized carbons (Fsp3) is 0.231. The number of hydrogen-bond acceptors (Lipinski definition) is 4. The van der Waals surface area contributed by atoms with Crippen molar-refractivity contribution in [2.75, 3.05) is 17.2 Å². The van der Waals surface area contributed by atoms with Gasteiger partial charge in [-0.15, -0.1) is 0 Å². The molecule has 0 unspecified atom stereocenters. The van der Waals surface area contributed by atoms with Crippen LogP contribution in [-0.4, -0.2) is 16.5 Å². The molecule has 0 amide bonds. The van der Waals surface area contributed by atoms with E-state index >= 15 is 0 Å².